The predicted octanol–water partition coefficient (Wildman–Crippen LogP) is 1.89. The molecule has 0 saturated carbocycles. The van der Waals surface area contributed by atoms with Crippen molar-refractivity contribution < 1.29 is 0 Å². The average Bonchev–Trinajstić information content (AvgIpc) is 1.88. The Morgan fingerprint density at radius 2 is 2.00 bits per heavy atom. The molecule has 0 radical (unpaired) electrons. The van der Waals surface area contributed by atoms with Crippen LogP contribution in [0.2, 0.25) is 0 Å². The average molecular weight is 141 g/mol. The van der Waals surface area contributed by atoms with Crippen LogP contribution in [0, 0.1) is 17.8 Å². The summed E-state index contributed by atoms with van der Waals surface area (Å²) in [5.41, 5.74) is 0. The van der Waals surface area contributed by atoms with Crippen LogP contribution in [0.25, 0.3) is 0 Å². The molecular formula is C9H19N. The SMILES string of the molecule is CC(C)C1CNC[C@H](C)C1. The summed E-state index contributed by atoms with van der Waals surface area (Å²) in [7, 11) is 0. The fraction of sp³-hybridized carbons (Fsp3) is 1.00. The van der Waals surface area contributed by atoms with E-state index in [1.54, 1.807) is 0 Å². The van der Waals surface area contributed by atoms with Crippen molar-refractivity contribution in [3.05, 3.63) is 0 Å². The molecule has 60 valence electrons. The van der Waals surface area contributed by atoms with E-state index in [0.29, 0.717) is 0 Å². The number of nitrogens with one attached hydrogen (secondary N) is 1. The van der Waals surface area contributed by atoms with Crippen molar-refractivity contribution in [1.29, 1.82) is 0 Å². The van der Waals surface area contributed by atoms with Gasteiger partial charge < -0.3 is 5.32 Å². The molecule has 0 aromatic rings. The third-order valence-corrected chi connectivity index (χ3v) is 2.55. The molecule has 1 N–H and O–H groups in total. The van der Waals surface area contributed by atoms with E-state index in [0.717, 1.165) is 17.8 Å². The van der Waals surface area contributed by atoms with E-state index in [-0.39, 0.29) is 0 Å². The van der Waals surface area contributed by atoms with E-state index >= 15 is 0 Å². The summed E-state index contributed by atoms with van der Waals surface area (Å²) in [5.74, 6) is 2.67. The van der Waals surface area contributed by atoms with Gasteiger partial charge in [-0.2, -0.15) is 0 Å². The molecule has 0 aliphatic carbocycles. The first-order chi connectivity index (χ1) is 4.70. The second-order valence-corrected chi connectivity index (χ2v) is 4.00. The highest BCUT2D eigenvalue weighted by atomic mass is 14.9. The lowest BCUT2D eigenvalue weighted by Gasteiger charge is -2.30. The van der Waals surface area contributed by atoms with Crippen molar-refractivity contribution in [2.24, 2.45) is 17.8 Å². The Labute approximate surface area is 64.2 Å². The molecule has 1 saturated heterocycles. The van der Waals surface area contributed by atoms with Crippen LogP contribution in [0.5, 0.6) is 0 Å². The minimum absolute atomic E-state index is 0.857. The van der Waals surface area contributed by atoms with Gasteiger partial charge in [0.15, 0.2) is 0 Å². The first-order valence-corrected chi connectivity index (χ1v) is 4.41. The van der Waals surface area contributed by atoms with Crippen LogP contribution in [0.1, 0.15) is 27.2 Å². The maximum Gasteiger partial charge on any atom is -0.00178 e. The van der Waals surface area contributed by atoms with Crippen LogP contribution in [-0.2, 0) is 0 Å². The minimum atomic E-state index is 0.857. The number of rotatable bonds is 1. The number of piperidine rings is 1. The highest BCUT2D eigenvalue weighted by Crippen LogP contribution is 2.22. The Morgan fingerprint density at radius 1 is 1.30 bits per heavy atom. The molecular weight excluding hydrogens is 122 g/mol. The monoisotopic (exact) mass is 141 g/mol. The van der Waals surface area contributed by atoms with Crippen molar-refractivity contribution in [3.8, 4) is 0 Å². The maximum absolute atomic E-state index is 3.47. The molecule has 10 heavy (non-hydrogen) atoms. The summed E-state index contributed by atoms with van der Waals surface area (Å²) in [6.45, 7) is 9.45. The highest BCUT2D eigenvalue weighted by Gasteiger charge is 2.20. The summed E-state index contributed by atoms with van der Waals surface area (Å²) in [4.78, 5) is 0. The molecule has 1 aliphatic rings. The van der Waals surface area contributed by atoms with Crippen LogP contribution in [0.3, 0.4) is 0 Å². The standard InChI is InChI=1S/C9H19N/c1-7(2)9-4-8(3)5-10-6-9/h7-10H,4-6H2,1-3H3/t8-,9?/m1/s1. The van der Waals surface area contributed by atoms with E-state index in [1.807, 2.05) is 0 Å². The molecule has 2 atom stereocenters. The Bertz CT molecular complexity index is 98.9. The van der Waals surface area contributed by atoms with E-state index in [2.05, 4.69) is 26.1 Å². The van der Waals surface area contributed by atoms with Crippen LogP contribution in [-0.4, -0.2) is 13.1 Å². The van der Waals surface area contributed by atoms with Gasteiger partial charge in [0.05, 0.1) is 0 Å². The topological polar surface area (TPSA) is 12.0 Å². The fourth-order valence-corrected chi connectivity index (χ4v) is 1.71. The molecule has 1 heterocycles. The quantitative estimate of drug-likeness (QED) is 0.588. The van der Waals surface area contributed by atoms with E-state index in [9.17, 15) is 0 Å². The maximum atomic E-state index is 3.47. The van der Waals surface area contributed by atoms with Gasteiger partial charge in [0, 0.05) is 0 Å². The molecule has 1 heteroatoms. The van der Waals surface area contributed by atoms with Crippen LogP contribution in [0.15, 0.2) is 0 Å². The Kier molecular flexibility index (Phi) is 2.72. The summed E-state index contributed by atoms with van der Waals surface area (Å²) in [5, 5.41) is 3.47. The summed E-state index contributed by atoms with van der Waals surface area (Å²) in [6, 6.07) is 0. The molecule has 1 aliphatic heterocycles. The lowest BCUT2D eigenvalue weighted by molar-refractivity contribution is 0.244. The summed E-state index contributed by atoms with van der Waals surface area (Å²) >= 11 is 0. The van der Waals surface area contributed by atoms with Crippen molar-refractivity contribution >= 4 is 0 Å². The van der Waals surface area contributed by atoms with Gasteiger partial charge in [-0.15, -0.1) is 0 Å². The number of hydrogen-bond acceptors (Lipinski definition) is 1. The molecule has 1 nitrogen and oxygen atoms in total. The Hall–Kier alpha value is -0.0400. The van der Waals surface area contributed by atoms with Gasteiger partial charge in [-0.3, -0.25) is 0 Å². The molecule has 0 bridgehead atoms. The number of hydrogen-bond donors (Lipinski definition) is 1. The van der Waals surface area contributed by atoms with Gasteiger partial charge in [0.2, 0.25) is 0 Å². The minimum Gasteiger partial charge on any atom is -0.316 e. The van der Waals surface area contributed by atoms with Crippen molar-refractivity contribution in [3.63, 3.8) is 0 Å². The molecule has 0 aromatic heterocycles. The lowest BCUT2D eigenvalue weighted by Crippen LogP contribution is -2.37. The Morgan fingerprint density at radius 3 is 2.40 bits per heavy atom. The summed E-state index contributed by atoms with van der Waals surface area (Å²) in [6.07, 6.45) is 1.42. The van der Waals surface area contributed by atoms with E-state index in [4.69, 9.17) is 0 Å². The molecule has 0 spiro atoms. The molecule has 1 rings (SSSR count). The van der Waals surface area contributed by atoms with Gasteiger partial charge >= 0.3 is 0 Å². The predicted molar refractivity (Wildman–Crippen MR) is 45.0 cm³/mol. The zero-order valence-electron chi connectivity index (χ0n) is 7.35. The second-order valence-electron chi connectivity index (χ2n) is 4.00. The van der Waals surface area contributed by atoms with Crippen molar-refractivity contribution in [2.45, 2.75) is 27.2 Å². The van der Waals surface area contributed by atoms with Gasteiger partial charge in [-0.1, -0.05) is 20.8 Å². The second kappa shape index (κ2) is 3.38. The first-order valence-electron chi connectivity index (χ1n) is 4.41. The third-order valence-electron chi connectivity index (χ3n) is 2.55. The zero-order chi connectivity index (χ0) is 7.56. The smallest absolute Gasteiger partial charge is 0.00178 e. The zero-order valence-corrected chi connectivity index (χ0v) is 7.35. The van der Waals surface area contributed by atoms with Crippen LogP contribution >= 0.6 is 0 Å². The third kappa shape index (κ3) is 1.98. The fourth-order valence-electron chi connectivity index (χ4n) is 1.71. The highest BCUT2D eigenvalue weighted by molar-refractivity contribution is 4.75. The van der Waals surface area contributed by atoms with Crippen molar-refractivity contribution in [1.82, 2.24) is 5.32 Å². The van der Waals surface area contributed by atoms with Gasteiger partial charge in [-0.25, -0.2) is 0 Å². The van der Waals surface area contributed by atoms with Gasteiger partial charge in [-0.05, 0) is 37.3 Å². The molecule has 0 amide bonds. The normalized spacial score (nSPS) is 34.8. The largest absolute Gasteiger partial charge is 0.316 e. The Balaban J connectivity index is 2.32. The van der Waals surface area contributed by atoms with Gasteiger partial charge in [0.25, 0.3) is 0 Å². The molecule has 0 aromatic carbocycles. The van der Waals surface area contributed by atoms with Crippen molar-refractivity contribution in [2.75, 3.05) is 13.1 Å². The summed E-state index contributed by atoms with van der Waals surface area (Å²) < 4.78 is 0. The lowest BCUT2D eigenvalue weighted by atomic mass is 9.84. The molecule has 1 fully saturated rings. The molecule has 1 unspecified atom stereocenters. The van der Waals surface area contributed by atoms with Gasteiger partial charge in [0.1, 0.15) is 0 Å². The first kappa shape index (κ1) is 8.06. The van der Waals surface area contributed by atoms with Crippen LogP contribution in [0.4, 0.5) is 0 Å². The van der Waals surface area contributed by atoms with Crippen LogP contribution < -0.4 is 5.32 Å². The van der Waals surface area contributed by atoms with E-state index in [1.165, 1.54) is 19.5 Å². The van der Waals surface area contributed by atoms with E-state index < -0.39 is 0 Å².